The number of hydrogen-bond acceptors (Lipinski definition) is 0. The van der Waals surface area contributed by atoms with Crippen LogP contribution in [0.1, 0.15) is 39.5 Å². The number of allylic oxidation sites excluding steroid dienone is 2. The van der Waals surface area contributed by atoms with Crippen LogP contribution in [0.2, 0.25) is 0 Å². The summed E-state index contributed by atoms with van der Waals surface area (Å²) in [6.45, 7) is 4.76. The van der Waals surface area contributed by atoms with Gasteiger partial charge in [-0.2, -0.15) is 0 Å². The van der Waals surface area contributed by atoms with Crippen LogP contribution in [0.3, 0.4) is 0 Å². The fourth-order valence-corrected chi connectivity index (χ4v) is 2.79. The van der Waals surface area contributed by atoms with Crippen molar-refractivity contribution in [3.05, 3.63) is 11.6 Å². The summed E-state index contributed by atoms with van der Waals surface area (Å²) in [5.74, 6) is 0.951. The van der Waals surface area contributed by atoms with Crippen molar-refractivity contribution < 1.29 is 0 Å². The molecule has 0 bridgehead atoms. The van der Waals surface area contributed by atoms with Crippen molar-refractivity contribution >= 4 is 0 Å². The van der Waals surface area contributed by atoms with E-state index in [1.165, 1.54) is 25.7 Å². The lowest BCUT2D eigenvalue weighted by molar-refractivity contribution is 0.290. The van der Waals surface area contributed by atoms with Gasteiger partial charge in [-0.05, 0) is 37.5 Å². The molecule has 0 aromatic carbocycles. The average molecular weight is 136 g/mol. The van der Waals surface area contributed by atoms with Crippen molar-refractivity contribution in [1.29, 1.82) is 0 Å². The zero-order valence-electron chi connectivity index (χ0n) is 6.98. The standard InChI is InChI=1S/C10H16/c1-8-5-7-10(2)6-3-4-9(8)10/h5,9H,3-4,6-7H2,1-2H3/t9-,10+/m1/s1. The molecule has 1 fully saturated rings. The van der Waals surface area contributed by atoms with E-state index in [1.807, 2.05) is 0 Å². The second-order valence-electron chi connectivity index (χ2n) is 4.25. The maximum absolute atomic E-state index is 2.46. The molecule has 2 aliphatic carbocycles. The summed E-state index contributed by atoms with van der Waals surface area (Å²) in [4.78, 5) is 0. The van der Waals surface area contributed by atoms with Crippen LogP contribution in [0.5, 0.6) is 0 Å². The fourth-order valence-electron chi connectivity index (χ4n) is 2.79. The van der Waals surface area contributed by atoms with Gasteiger partial charge in [0.15, 0.2) is 0 Å². The SMILES string of the molecule is CC1=CC[C@]2(C)CCC[C@H]12. The van der Waals surface area contributed by atoms with E-state index in [-0.39, 0.29) is 0 Å². The molecule has 0 spiro atoms. The normalized spacial score (nSPS) is 45.4. The number of hydrogen-bond donors (Lipinski definition) is 0. The topological polar surface area (TPSA) is 0 Å². The smallest absolute Gasteiger partial charge is 0.0149 e. The van der Waals surface area contributed by atoms with Crippen molar-refractivity contribution in [2.24, 2.45) is 11.3 Å². The van der Waals surface area contributed by atoms with Gasteiger partial charge in [0.2, 0.25) is 0 Å². The van der Waals surface area contributed by atoms with Gasteiger partial charge in [-0.3, -0.25) is 0 Å². The molecule has 0 amide bonds. The Morgan fingerprint density at radius 3 is 3.10 bits per heavy atom. The molecule has 10 heavy (non-hydrogen) atoms. The molecule has 0 unspecified atom stereocenters. The molecule has 0 saturated heterocycles. The van der Waals surface area contributed by atoms with Gasteiger partial charge >= 0.3 is 0 Å². The molecule has 0 heterocycles. The second-order valence-corrected chi connectivity index (χ2v) is 4.25. The van der Waals surface area contributed by atoms with Crippen LogP contribution in [0.25, 0.3) is 0 Å². The van der Waals surface area contributed by atoms with Gasteiger partial charge in [-0.15, -0.1) is 0 Å². The first-order valence-electron chi connectivity index (χ1n) is 4.39. The molecule has 0 heteroatoms. The Morgan fingerprint density at radius 1 is 1.60 bits per heavy atom. The molecule has 0 nitrogen and oxygen atoms in total. The van der Waals surface area contributed by atoms with Crippen LogP contribution in [0.15, 0.2) is 11.6 Å². The highest BCUT2D eigenvalue weighted by molar-refractivity contribution is 5.19. The Balaban J connectivity index is 2.27. The zero-order chi connectivity index (χ0) is 7.19. The maximum Gasteiger partial charge on any atom is -0.0149 e. The van der Waals surface area contributed by atoms with Gasteiger partial charge in [0.25, 0.3) is 0 Å². The molecular formula is C10H16. The maximum atomic E-state index is 2.46. The number of fused-ring (bicyclic) bond motifs is 1. The summed E-state index contributed by atoms with van der Waals surface area (Å²) >= 11 is 0. The summed E-state index contributed by atoms with van der Waals surface area (Å²) in [5, 5.41) is 0. The summed E-state index contributed by atoms with van der Waals surface area (Å²) < 4.78 is 0. The molecule has 0 aromatic heterocycles. The van der Waals surface area contributed by atoms with Crippen LogP contribution < -0.4 is 0 Å². The molecule has 2 aliphatic rings. The van der Waals surface area contributed by atoms with Crippen molar-refractivity contribution in [3.8, 4) is 0 Å². The van der Waals surface area contributed by atoms with E-state index in [4.69, 9.17) is 0 Å². The van der Waals surface area contributed by atoms with Gasteiger partial charge < -0.3 is 0 Å². The van der Waals surface area contributed by atoms with Crippen LogP contribution in [-0.4, -0.2) is 0 Å². The summed E-state index contributed by atoms with van der Waals surface area (Å²) in [7, 11) is 0. The molecule has 2 atom stereocenters. The Labute approximate surface area is 63.3 Å². The molecule has 0 aromatic rings. The van der Waals surface area contributed by atoms with Crippen LogP contribution in [-0.2, 0) is 0 Å². The summed E-state index contributed by atoms with van der Waals surface area (Å²) in [6, 6.07) is 0. The van der Waals surface area contributed by atoms with E-state index in [1.54, 1.807) is 5.57 Å². The Kier molecular flexibility index (Phi) is 1.21. The van der Waals surface area contributed by atoms with Gasteiger partial charge in [-0.1, -0.05) is 25.0 Å². The van der Waals surface area contributed by atoms with Gasteiger partial charge in [0.1, 0.15) is 0 Å². The van der Waals surface area contributed by atoms with E-state index in [2.05, 4.69) is 19.9 Å². The molecule has 0 radical (unpaired) electrons. The van der Waals surface area contributed by atoms with E-state index in [0.717, 1.165) is 5.92 Å². The Bertz CT molecular complexity index is 178. The minimum Gasteiger partial charge on any atom is -0.0847 e. The quantitative estimate of drug-likeness (QED) is 0.449. The van der Waals surface area contributed by atoms with Crippen LogP contribution >= 0.6 is 0 Å². The first kappa shape index (κ1) is 6.45. The predicted octanol–water partition coefficient (Wildman–Crippen LogP) is 3.14. The fraction of sp³-hybridized carbons (Fsp3) is 0.800. The van der Waals surface area contributed by atoms with Crippen LogP contribution in [0.4, 0.5) is 0 Å². The van der Waals surface area contributed by atoms with E-state index < -0.39 is 0 Å². The first-order valence-corrected chi connectivity index (χ1v) is 4.39. The lowest BCUT2D eigenvalue weighted by Crippen LogP contribution is -2.16. The van der Waals surface area contributed by atoms with Crippen molar-refractivity contribution in [2.45, 2.75) is 39.5 Å². The molecule has 0 N–H and O–H groups in total. The molecule has 2 rings (SSSR count). The summed E-state index contributed by atoms with van der Waals surface area (Å²) in [5.41, 5.74) is 2.35. The lowest BCUT2D eigenvalue weighted by Gasteiger charge is -2.24. The third kappa shape index (κ3) is 0.680. The van der Waals surface area contributed by atoms with E-state index >= 15 is 0 Å². The third-order valence-corrected chi connectivity index (χ3v) is 3.52. The predicted molar refractivity (Wildman–Crippen MR) is 43.8 cm³/mol. The van der Waals surface area contributed by atoms with Crippen LogP contribution in [0, 0.1) is 11.3 Å². The van der Waals surface area contributed by atoms with Gasteiger partial charge in [0, 0.05) is 0 Å². The second kappa shape index (κ2) is 1.87. The highest BCUT2D eigenvalue weighted by Crippen LogP contribution is 2.53. The molecule has 56 valence electrons. The third-order valence-electron chi connectivity index (χ3n) is 3.52. The Morgan fingerprint density at radius 2 is 2.40 bits per heavy atom. The van der Waals surface area contributed by atoms with Crippen molar-refractivity contribution in [1.82, 2.24) is 0 Å². The molecular weight excluding hydrogens is 120 g/mol. The molecule has 0 aliphatic heterocycles. The van der Waals surface area contributed by atoms with Gasteiger partial charge in [-0.25, -0.2) is 0 Å². The first-order chi connectivity index (χ1) is 4.72. The zero-order valence-corrected chi connectivity index (χ0v) is 6.98. The lowest BCUT2D eigenvalue weighted by atomic mass is 9.80. The van der Waals surface area contributed by atoms with Crippen molar-refractivity contribution in [2.75, 3.05) is 0 Å². The highest BCUT2D eigenvalue weighted by atomic mass is 14.5. The largest absolute Gasteiger partial charge is 0.0847 e. The Hall–Kier alpha value is -0.260. The van der Waals surface area contributed by atoms with E-state index in [9.17, 15) is 0 Å². The number of rotatable bonds is 0. The monoisotopic (exact) mass is 136 g/mol. The molecule has 1 saturated carbocycles. The highest BCUT2D eigenvalue weighted by Gasteiger charge is 2.41. The van der Waals surface area contributed by atoms with Gasteiger partial charge in [0.05, 0.1) is 0 Å². The summed E-state index contributed by atoms with van der Waals surface area (Å²) in [6.07, 6.45) is 8.18. The average Bonchev–Trinajstić information content (AvgIpc) is 2.35. The minimum absolute atomic E-state index is 0.685. The van der Waals surface area contributed by atoms with Crippen molar-refractivity contribution in [3.63, 3.8) is 0 Å². The minimum atomic E-state index is 0.685. The van der Waals surface area contributed by atoms with E-state index in [0.29, 0.717) is 5.41 Å².